The van der Waals surface area contributed by atoms with E-state index in [-0.39, 0.29) is 18.4 Å². The predicted molar refractivity (Wildman–Crippen MR) is 103 cm³/mol. The highest BCUT2D eigenvalue weighted by Gasteiger charge is 2.33. The molecule has 0 fully saturated rings. The minimum Gasteiger partial charge on any atom is -0.493 e. The number of ether oxygens (including phenoxy) is 2. The molecule has 6 heteroatoms. The normalized spacial score (nSPS) is 15.7. The predicted octanol–water partition coefficient (Wildman–Crippen LogP) is 2.88. The summed E-state index contributed by atoms with van der Waals surface area (Å²) in [6.07, 6.45) is -0.755. The van der Waals surface area contributed by atoms with Crippen molar-refractivity contribution in [1.29, 1.82) is 0 Å². The van der Waals surface area contributed by atoms with Gasteiger partial charge in [-0.15, -0.1) is 0 Å². The molecule has 0 aliphatic carbocycles. The van der Waals surface area contributed by atoms with Gasteiger partial charge < -0.3 is 19.7 Å². The number of amides is 2. The summed E-state index contributed by atoms with van der Waals surface area (Å²) in [5.41, 5.74) is 1.15. The molecule has 1 N–H and O–H groups in total. The number of benzene rings is 2. The molecule has 1 aliphatic rings. The number of hydrogen-bond donors (Lipinski definition) is 1. The average Bonchev–Trinajstić information content (AvgIpc) is 2.70. The van der Waals surface area contributed by atoms with Crippen LogP contribution in [0.5, 0.6) is 11.5 Å². The Labute approximate surface area is 159 Å². The smallest absolute Gasteiger partial charge is 0.262 e. The number of nitrogens with one attached hydrogen (secondary N) is 1. The largest absolute Gasteiger partial charge is 0.493 e. The molecular formula is C21H24N2O4. The molecule has 1 aliphatic heterocycles. The van der Waals surface area contributed by atoms with E-state index in [0.717, 1.165) is 0 Å². The standard InChI is InChI=1S/C21H24N2O4/c1-14(2)13-26-16-8-6-7-15(11-16)21(25)23-12-19(20(24)22-3)27-18-10-5-4-9-17(18)23/h4-11,14,19H,12-13H2,1-3H3,(H,22,24)/t19-/m1/s1. The van der Waals surface area contributed by atoms with E-state index in [0.29, 0.717) is 35.3 Å². The number of anilines is 1. The lowest BCUT2D eigenvalue weighted by Gasteiger charge is -2.34. The van der Waals surface area contributed by atoms with Gasteiger partial charge in [-0.2, -0.15) is 0 Å². The van der Waals surface area contributed by atoms with Gasteiger partial charge >= 0.3 is 0 Å². The van der Waals surface area contributed by atoms with Crippen LogP contribution in [0, 0.1) is 5.92 Å². The van der Waals surface area contributed by atoms with Crippen LogP contribution in [0.4, 0.5) is 5.69 Å². The lowest BCUT2D eigenvalue weighted by molar-refractivity contribution is -0.127. The molecule has 0 aromatic heterocycles. The SMILES string of the molecule is CNC(=O)[C@H]1CN(C(=O)c2cccc(OCC(C)C)c2)c2ccccc2O1. The third-order valence-corrected chi connectivity index (χ3v) is 4.22. The lowest BCUT2D eigenvalue weighted by atomic mass is 10.1. The molecule has 3 rings (SSSR count). The van der Waals surface area contributed by atoms with Crippen LogP contribution < -0.4 is 19.7 Å². The van der Waals surface area contributed by atoms with Crippen molar-refractivity contribution in [3.05, 3.63) is 54.1 Å². The highest BCUT2D eigenvalue weighted by atomic mass is 16.5. The molecule has 6 nitrogen and oxygen atoms in total. The van der Waals surface area contributed by atoms with Gasteiger partial charge in [-0.25, -0.2) is 0 Å². The van der Waals surface area contributed by atoms with Crippen molar-refractivity contribution < 1.29 is 19.1 Å². The molecule has 0 radical (unpaired) electrons. The molecule has 2 amide bonds. The number of hydrogen-bond acceptors (Lipinski definition) is 4. The summed E-state index contributed by atoms with van der Waals surface area (Å²) in [5.74, 6) is 1.09. The number of para-hydroxylation sites is 2. The third-order valence-electron chi connectivity index (χ3n) is 4.22. The monoisotopic (exact) mass is 368 g/mol. The van der Waals surface area contributed by atoms with Crippen molar-refractivity contribution in [2.24, 2.45) is 5.92 Å². The first-order valence-electron chi connectivity index (χ1n) is 9.01. The number of fused-ring (bicyclic) bond motifs is 1. The molecule has 0 saturated carbocycles. The zero-order chi connectivity index (χ0) is 19.4. The van der Waals surface area contributed by atoms with Gasteiger partial charge in [-0.3, -0.25) is 9.59 Å². The van der Waals surface area contributed by atoms with E-state index in [9.17, 15) is 9.59 Å². The number of nitrogens with zero attached hydrogens (tertiary/aromatic N) is 1. The Kier molecular flexibility index (Phi) is 5.64. The van der Waals surface area contributed by atoms with Gasteiger partial charge in [0.25, 0.3) is 11.8 Å². The van der Waals surface area contributed by atoms with Crippen molar-refractivity contribution in [2.75, 3.05) is 25.1 Å². The average molecular weight is 368 g/mol. The van der Waals surface area contributed by atoms with E-state index in [2.05, 4.69) is 19.2 Å². The second-order valence-corrected chi connectivity index (χ2v) is 6.84. The van der Waals surface area contributed by atoms with Crippen LogP contribution >= 0.6 is 0 Å². The summed E-state index contributed by atoms with van der Waals surface area (Å²) in [4.78, 5) is 26.9. The fourth-order valence-corrected chi connectivity index (χ4v) is 2.86. The maximum absolute atomic E-state index is 13.2. The summed E-state index contributed by atoms with van der Waals surface area (Å²) >= 11 is 0. The molecule has 2 aromatic rings. The fraction of sp³-hybridized carbons (Fsp3) is 0.333. The number of rotatable bonds is 5. The van der Waals surface area contributed by atoms with Crippen molar-refractivity contribution >= 4 is 17.5 Å². The first-order chi connectivity index (χ1) is 13.0. The second kappa shape index (κ2) is 8.12. The van der Waals surface area contributed by atoms with Gasteiger partial charge in [0, 0.05) is 12.6 Å². The van der Waals surface area contributed by atoms with E-state index < -0.39 is 6.10 Å². The van der Waals surface area contributed by atoms with E-state index in [4.69, 9.17) is 9.47 Å². The quantitative estimate of drug-likeness (QED) is 0.881. The van der Waals surface area contributed by atoms with Crippen LogP contribution in [0.2, 0.25) is 0 Å². The Balaban J connectivity index is 1.89. The molecule has 0 bridgehead atoms. The van der Waals surface area contributed by atoms with Crippen LogP contribution in [0.3, 0.4) is 0 Å². The molecule has 27 heavy (non-hydrogen) atoms. The topological polar surface area (TPSA) is 67.9 Å². The van der Waals surface area contributed by atoms with E-state index in [1.807, 2.05) is 24.3 Å². The first kappa shape index (κ1) is 18.8. The zero-order valence-corrected chi connectivity index (χ0v) is 15.8. The minimum atomic E-state index is -0.755. The lowest BCUT2D eigenvalue weighted by Crippen LogP contribution is -2.50. The van der Waals surface area contributed by atoms with Gasteiger partial charge in [0.05, 0.1) is 18.8 Å². The highest BCUT2D eigenvalue weighted by molar-refractivity contribution is 6.08. The summed E-state index contributed by atoms with van der Waals surface area (Å²) in [6.45, 7) is 4.86. The van der Waals surface area contributed by atoms with Crippen molar-refractivity contribution in [3.63, 3.8) is 0 Å². The van der Waals surface area contributed by atoms with Crippen LogP contribution in [-0.2, 0) is 4.79 Å². The minimum absolute atomic E-state index is 0.145. The molecule has 1 heterocycles. The molecule has 2 aromatic carbocycles. The second-order valence-electron chi connectivity index (χ2n) is 6.84. The molecule has 1 atom stereocenters. The third kappa shape index (κ3) is 4.22. The Bertz CT molecular complexity index is 834. The zero-order valence-electron chi connectivity index (χ0n) is 15.8. The van der Waals surface area contributed by atoms with Gasteiger partial charge in [0.2, 0.25) is 0 Å². The summed E-state index contributed by atoms with van der Waals surface area (Å²) in [7, 11) is 1.55. The maximum atomic E-state index is 13.2. The molecule has 0 spiro atoms. The highest BCUT2D eigenvalue weighted by Crippen LogP contribution is 2.34. The van der Waals surface area contributed by atoms with Gasteiger partial charge in [-0.05, 0) is 36.2 Å². The van der Waals surface area contributed by atoms with Crippen LogP contribution in [0.15, 0.2) is 48.5 Å². The van der Waals surface area contributed by atoms with E-state index >= 15 is 0 Å². The molecule has 142 valence electrons. The van der Waals surface area contributed by atoms with Crippen molar-refractivity contribution in [3.8, 4) is 11.5 Å². The first-order valence-corrected chi connectivity index (χ1v) is 9.01. The summed E-state index contributed by atoms with van der Waals surface area (Å²) in [6, 6.07) is 14.3. The van der Waals surface area contributed by atoms with Crippen molar-refractivity contribution in [1.82, 2.24) is 5.32 Å². The molecule has 0 saturated heterocycles. The number of likely N-dealkylation sites (N-methyl/N-ethyl adjacent to an activating group) is 1. The Morgan fingerprint density at radius 1 is 1.22 bits per heavy atom. The Morgan fingerprint density at radius 3 is 2.74 bits per heavy atom. The van der Waals surface area contributed by atoms with E-state index in [1.54, 1.807) is 36.2 Å². The van der Waals surface area contributed by atoms with Crippen LogP contribution in [0.1, 0.15) is 24.2 Å². The molecular weight excluding hydrogens is 344 g/mol. The van der Waals surface area contributed by atoms with E-state index in [1.165, 1.54) is 0 Å². The Hall–Kier alpha value is -3.02. The van der Waals surface area contributed by atoms with Gasteiger partial charge in [0.15, 0.2) is 6.10 Å². The van der Waals surface area contributed by atoms with Gasteiger partial charge in [-0.1, -0.05) is 32.0 Å². The Morgan fingerprint density at radius 2 is 2.00 bits per heavy atom. The number of carbonyl (C=O) groups excluding carboxylic acids is 2. The molecule has 0 unspecified atom stereocenters. The number of carbonyl (C=O) groups is 2. The summed E-state index contributed by atoms with van der Waals surface area (Å²) < 4.78 is 11.5. The maximum Gasteiger partial charge on any atom is 0.262 e. The fourth-order valence-electron chi connectivity index (χ4n) is 2.86. The van der Waals surface area contributed by atoms with Crippen molar-refractivity contribution in [2.45, 2.75) is 20.0 Å². The van der Waals surface area contributed by atoms with Gasteiger partial charge in [0.1, 0.15) is 11.5 Å². The van der Waals surface area contributed by atoms with Crippen LogP contribution in [-0.4, -0.2) is 38.1 Å². The van der Waals surface area contributed by atoms with Crippen LogP contribution in [0.25, 0.3) is 0 Å². The summed E-state index contributed by atoms with van der Waals surface area (Å²) in [5, 5.41) is 2.58.